The first-order valence-corrected chi connectivity index (χ1v) is 13.0. The summed E-state index contributed by atoms with van der Waals surface area (Å²) in [5.41, 5.74) is 2.11. The van der Waals surface area contributed by atoms with Crippen molar-refractivity contribution < 1.29 is 9.53 Å². The lowest BCUT2D eigenvalue weighted by Gasteiger charge is -2.38. The summed E-state index contributed by atoms with van der Waals surface area (Å²) < 4.78 is 5.39. The molecule has 1 aromatic carbocycles. The van der Waals surface area contributed by atoms with E-state index < -0.39 is 0 Å². The molecule has 2 aliphatic carbocycles. The third kappa shape index (κ3) is 6.86. The molecule has 2 aliphatic rings. The van der Waals surface area contributed by atoms with E-state index in [1.807, 2.05) is 12.1 Å². The molecule has 0 bridgehead atoms. The minimum Gasteiger partial charge on any atom is -0.462 e. The molecule has 0 aliphatic heterocycles. The van der Waals surface area contributed by atoms with Gasteiger partial charge in [0.25, 0.3) is 0 Å². The minimum absolute atomic E-state index is 0.170. The second-order valence-corrected chi connectivity index (χ2v) is 10.00. The smallest absolute Gasteiger partial charge is 0.338 e. The van der Waals surface area contributed by atoms with Gasteiger partial charge in [-0.2, -0.15) is 0 Å². The van der Waals surface area contributed by atoms with Crippen LogP contribution in [0.4, 0.5) is 0 Å². The monoisotopic (exact) mass is 412 g/mol. The second-order valence-electron chi connectivity index (χ2n) is 10.00. The summed E-state index contributed by atoms with van der Waals surface area (Å²) in [4.78, 5) is 12.2. The van der Waals surface area contributed by atoms with Crippen LogP contribution in [0.25, 0.3) is 0 Å². The molecule has 2 heteroatoms. The van der Waals surface area contributed by atoms with Crippen molar-refractivity contribution >= 4 is 5.97 Å². The van der Waals surface area contributed by atoms with Crippen molar-refractivity contribution in [3.63, 3.8) is 0 Å². The molecule has 3 rings (SSSR count). The quantitative estimate of drug-likeness (QED) is 0.285. The average molecular weight is 413 g/mol. The first-order valence-electron chi connectivity index (χ1n) is 13.0. The Morgan fingerprint density at radius 3 is 2.00 bits per heavy atom. The molecule has 2 nitrogen and oxygen atoms in total. The molecule has 168 valence electrons. The Labute approximate surface area is 185 Å². The van der Waals surface area contributed by atoms with Crippen LogP contribution in [0.5, 0.6) is 0 Å². The highest BCUT2D eigenvalue weighted by Crippen LogP contribution is 2.44. The summed E-state index contributed by atoms with van der Waals surface area (Å²) in [5.74, 6) is 3.49. The number of carbonyl (C=O) groups is 1. The van der Waals surface area contributed by atoms with Gasteiger partial charge < -0.3 is 4.74 Å². The largest absolute Gasteiger partial charge is 0.462 e. The molecular formula is C28H44O2. The van der Waals surface area contributed by atoms with Gasteiger partial charge in [0.05, 0.1) is 12.2 Å². The van der Waals surface area contributed by atoms with E-state index in [4.69, 9.17) is 4.74 Å². The standard InChI is InChI=1S/C28H44O2/c1-3-5-7-21-30-28(29)27-19-17-26(18-20-27)25-15-13-24(14-16-25)23-11-9-22(10-12-23)8-6-4-2/h17-20,22-25H,3-16,21H2,1-2H3/t22-,23-,24-,25-. The van der Waals surface area contributed by atoms with Gasteiger partial charge in [0.15, 0.2) is 0 Å². The second kappa shape index (κ2) is 12.5. The van der Waals surface area contributed by atoms with Crippen molar-refractivity contribution in [1.29, 1.82) is 0 Å². The van der Waals surface area contributed by atoms with Gasteiger partial charge in [-0.05, 0) is 86.3 Å². The number of carbonyl (C=O) groups excluding carboxylic acids is 1. The summed E-state index contributed by atoms with van der Waals surface area (Å²) >= 11 is 0. The maximum absolute atomic E-state index is 12.2. The summed E-state index contributed by atoms with van der Waals surface area (Å²) in [5, 5.41) is 0. The lowest BCUT2D eigenvalue weighted by Crippen LogP contribution is -2.25. The topological polar surface area (TPSA) is 26.3 Å². The van der Waals surface area contributed by atoms with E-state index in [0.29, 0.717) is 18.1 Å². The van der Waals surface area contributed by atoms with Crippen molar-refractivity contribution in [3.8, 4) is 0 Å². The van der Waals surface area contributed by atoms with Gasteiger partial charge in [0, 0.05) is 0 Å². The van der Waals surface area contributed by atoms with E-state index in [2.05, 4.69) is 26.0 Å². The highest BCUT2D eigenvalue weighted by molar-refractivity contribution is 5.89. The molecule has 0 radical (unpaired) electrons. The van der Waals surface area contributed by atoms with Crippen molar-refractivity contribution in [2.75, 3.05) is 6.61 Å². The number of benzene rings is 1. The first kappa shape index (κ1) is 23.4. The predicted octanol–water partition coefficient (Wildman–Crippen LogP) is 8.30. The van der Waals surface area contributed by atoms with Gasteiger partial charge in [0.2, 0.25) is 0 Å². The van der Waals surface area contributed by atoms with E-state index in [1.54, 1.807) is 0 Å². The van der Waals surface area contributed by atoms with Gasteiger partial charge in [-0.3, -0.25) is 0 Å². The van der Waals surface area contributed by atoms with Crippen LogP contribution in [0, 0.1) is 17.8 Å². The Morgan fingerprint density at radius 2 is 1.40 bits per heavy atom. The van der Waals surface area contributed by atoms with Crippen LogP contribution in [0.3, 0.4) is 0 Å². The number of unbranched alkanes of at least 4 members (excludes halogenated alkanes) is 3. The number of ether oxygens (including phenoxy) is 1. The van der Waals surface area contributed by atoms with E-state index in [1.165, 1.54) is 76.2 Å². The SMILES string of the molecule is CCCCCOC(=O)c1ccc([C@H]2CC[C@H]([C@H]3CC[C@H](CCCC)CC3)CC2)cc1. The molecule has 2 saturated carbocycles. The molecule has 0 spiro atoms. The van der Waals surface area contributed by atoms with E-state index in [0.717, 1.165) is 37.0 Å². The average Bonchev–Trinajstić information content (AvgIpc) is 2.81. The fraction of sp³-hybridized carbons (Fsp3) is 0.750. The highest BCUT2D eigenvalue weighted by atomic mass is 16.5. The third-order valence-electron chi connectivity index (χ3n) is 7.89. The first-order chi connectivity index (χ1) is 14.7. The van der Waals surface area contributed by atoms with Crippen LogP contribution in [0.2, 0.25) is 0 Å². The van der Waals surface area contributed by atoms with Crippen molar-refractivity contribution in [3.05, 3.63) is 35.4 Å². The van der Waals surface area contributed by atoms with Crippen molar-refractivity contribution in [2.45, 2.75) is 110 Å². The molecular weight excluding hydrogens is 368 g/mol. The molecule has 0 unspecified atom stereocenters. The minimum atomic E-state index is -0.170. The van der Waals surface area contributed by atoms with E-state index in [9.17, 15) is 4.79 Å². The van der Waals surface area contributed by atoms with E-state index in [-0.39, 0.29) is 5.97 Å². The Balaban J connectivity index is 1.40. The summed E-state index contributed by atoms with van der Waals surface area (Å²) in [6, 6.07) is 8.29. The molecule has 0 saturated heterocycles. The molecule has 0 N–H and O–H groups in total. The van der Waals surface area contributed by atoms with Gasteiger partial charge in [-0.15, -0.1) is 0 Å². The van der Waals surface area contributed by atoms with Crippen LogP contribution in [0.1, 0.15) is 126 Å². The zero-order chi connectivity index (χ0) is 21.2. The lowest BCUT2D eigenvalue weighted by atomic mass is 9.68. The van der Waals surface area contributed by atoms with Gasteiger partial charge >= 0.3 is 5.97 Å². The number of esters is 1. The normalized spacial score (nSPS) is 27.0. The van der Waals surface area contributed by atoms with Crippen LogP contribution < -0.4 is 0 Å². The zero-order valence-corrected chi connectivity index (χ0v) is 19.5. The molecule has 1 aromatic rings. The van der Waals surface area contributed by atoms with Crippen molar-refractivity contribution in [2.24, 2.45) is 17.8 Å². The third-order valence-corrected chi connectivity index (χ3v) is 7.89. The predicted molar refractivity (Wildman–Crippen MR) is 126 cm³/mol. The molecule has 0 amide bonds. The summed E-state index contributed by atoms with van der Waals surface area (Å²) in [6.45, 7) is 5.02. The zero-order valence-electron chi connectivity index (χ0n) is 19.5. The number of hydrogen-bond donors (Lipinski definition) is 0. The Kier molecular flexibility index (Phi) is 9.75. The maximum Gasteiger partial charge on any atom is 0.338 e. The molecule has 2 fully saturated rings. The van der Waals surface area contributed by atoms with Gasteiger partial charge in [-0.25, -0.2) is 4.79 Å². The maximum atomic E-state index is 12.2. The summed E-state index contributed by atoms with van der Waals surface area (Å²) in [6.07, 6.45) is 18.9. The van der Waals surface area contributed by atoms with Gasteiger partial charge in [-0.1, -0.05) is 70.9 Å². The van der Waals surface area contributed by atoms with Crippen LogP contribution in [0.15, 0.2) is 24.3 Å². The number of rotatable bonds is 10. The summed E-state index contributed by atoms with van der Waals surface area (Å²) in [7, 11) is 0. The fourth-order valence-corrected chi connectivity index (χ4v) is 5.86. The highest BCUT2D eigenvalue weighted by Gasteiger charge is 2.31. The van der Waals surface area contributed by atoms with Crippen LogP contribution >= 0.6 is 0 Å². The van der Waals surface area contributed by atoms with Crippen LogP contribution in [-0.2, 0) is 4.74 Å². The van der Waals surface area contributed by atoms with Crippen LogP contribution in [-0.4, -0.2) is 12.6 Å². The van der Waals surface area contributed by atoms with Crippen molar-refractivity contribution in [1.82, 2.24) is 0 Å². The molecule has 30 heavy (non-hydrogen) atoms. The van der Waals surface area contributed by atoms with Gasteiger partial charge in [0.1, 0.15) is 0 Å². The van der Waals surface area contributed by atoms with E-state index >= 15 is 0 Å². The Morgan fingerprint density at radius 1 is 0.800 bits per heavy atom. The Bertz CT molecular complexity index is 604. The molecule has 0 atom stereocenters. The lowest BCUT2D eigenvalue weighted by molar-refractivity contribution is 0.0498. The fourth-order valence-electron chi connectivity index (χ4n) is 5.86. The molecule has 0 aromatic heterocycles. The Hall–Kier alpha value is -1.31. The number of hydrogen-bond acceptors (Lipinski definition) is 2. The molecule has 0 heterocycles.